The topological polar surface area (TPSA) is 85.3 Å². The van der Waals surface area contributed by atoms with Gasteiger partial charge in [-0.1, -0.05) is 35.0 Å². The van der Waals surface area contributed by atoms with Crippen LogP contribution in [0.1, 0.15) is 36.4 Å². The zero-order valence-corrected chi connectivity index (χ0v) is 16.8. The lowest BCUT2D eigenvalue weighted by Crippen LogP contribution is -2.23. The monoisotopic (exact) mass is 426 g/mol. The predicted octanol–water partition coefficient (Wildman–Crippen LogP) is 5.12. The average Bonchev–Trinajstić information content (AvgIpc) is 3.47. The molecule has 4 rings (SSSR count). The molecule has 3 aromatic heterocycles. The van der Waals surface area contributed by atoms with E-state index < -0.39 is 0 Å². The van der Waals surface area contributed by atoms with Crippen LogP contribution in [0, 0.1) is 6.92 Å². The van der Waals surface area contributed by atoms with Crippen molar-refractivity contribution in [3.8, 4) is 11.3 Å². The van der Waals surface area contributed by atoms with Crippen LogP contribution in [0.25, 0.3) is 11.3 Å². The van der Waals surface area contributed by atoms with Crippen molar-refractivity contribution in [3.63, 3.8) is 0 Å². The zero-order valence-electron chi connectivity index (χ0n) is 15.3. The van der Waals surface area contributed by atoms with Gasteiger partial charge in [-0.05, 0) is 37.3 Å². The lowest BCUT2D eigenvalue weighted by atomic mass is 10.1. The van der Waals surface area contributed by atoms with Gasteiger partial charge in [-0.15, -0.1) is 11.3 Å². The average molecular weight is 427 g/mol. The maximum atomic E-state index is 12.8. The van der Waals surface area contributed by atoms with Gasteiger partial charge in [-0.2, -0.15) is 0 Å². The highest BCUT2D eigenvalue weighted by Gasteiger charge is 2.23. The van der Waals surface area contributed by atoms with Crippen LogP contribution in [0.5, 0.6) is 0 Å². The van der Waals surface area contributed by atoms with Crippen molar-refractivity contribution in [3.05, 3.63) is 86.7 Å². The molecular weight excluding hydrogens is 412 g/mol. The normalized spacial score (nSPS) is 10.8. The lowest BCUT2D eigenvalue weighted by molar-refractivity contribution is 0.0949. The summed E-state index contributed by atoms with van der Waals surface area (Å²) in [6.07, 6.45) is 1.46. The minimum absolute atomic E-state index is 0.187. The summed E-state index contributed by atoms with van der Waals surface area (Å²) in [5.41, 5.74) is 1.35. The molecule has 0 fully saturated rings. The molecule has 8 heteroatoms. The Hall–Kier alpha value is -3.16. The van der Waals surface area contributed by atoms with Crippen LogP contribution in [0.4, 0.5) is 0 Å². The van der Waals surface area contributed by atoms with Crippen molar-refractivity contribution < 1.29 is 18.5 Å². The third-order valence-electron chi connectivity index (χ3n) is 4.27. The van der Waals surface area contributed by atoms with E-state index in [1.54, 1.807) is 49.4 Å². The van der Waals surface area contributed by atoms with E-state index in [-0.39, 0.29) is 24.0 Å². The summed E-state index contributed by atoms with van der Waals surface area (Å²) in [6.45, 7) is 1.94. The number of hydrogen-bond acceptors (Lipinski definition) is 6. The largest absolute Gasteiger partial charge is 0.461 e. The first-order valence-electron chi connectivity index (χ1n) is 8.71. The summed E-state index contributed by atoms with van der Waals surface area (Å²) >= 11 is 7.54. The van der Waals surface area contributed by atoms with Crippen molar-refractivity contribution in [2.75, 3.05) is 0 Å². The SMILES string of the molecule is Cc1onc(-c2ccccc2Cl)c1C(=O)NCc1ccc(C(=O)c2ccco2)s1. The van der Waals surface area contributed by atoms with Gasteiger partial charge in [-0.3, -0.25) is 9.59 Å². The maximum absolute atomic E-state index is 12.8. The zero-order chi connectivity index (χ0) is 20.4. The fraction of sp³-hybridized carbons (Fsp3) is 0.0952. The summed E-state index contributed by atoms with van der Waals surface area (Å²) in [5, 5.41) is 7.34. The Kier molecular flexibility index (Phi) is 5.33. The molecule has 29 heavy (non-hydrogen) atoms. The molecule has 0 saturated heterocycles. The highest BCUT2D eigenvalue weighted by atomic mass is 35.5. The second-order valence-corrected chi connectivity index (χ2v) is 7.77. The lowest BCUT2D eigenvalue weighted by Gasteiger charge is -2.05. The number of halogens is 1. The number of ketones is 1. The summed E-state index contributed by atoms with van der Waals surface area (Å²) in [6, 6.07) is 13.9. The van der Waals surface area contributed by atoms with Crippen molar-refractivity contribution in [1.82, 2.24) is 10.5 Å². The summed E-state index contributed by atoms with van der Waals surface area (Å²) in [4.78, 5) is 26.5. The van der Waals surface area contributed by atoms with Gasteiger partial charge in [0, 0.05) is 10.4 Å². The number of amides is 1. The molecule has 1 amide bonds. The van der Waals surface area contributed by atoms with Crippen molar-refractivity contribution >= 4 is 34.6 Å². The molecule has 146 valence electrons. The van der Waals surface area contributed by atoms with Crippen molar-refractivity contribution in [2.45, 2.75) is 13.5 Å². The predicted molar refractivity (Wildman–Crippen MR) is 109 cm³/mol. The maximum Gasteiger partial charge on any atom is 0.257 e. The van der Waals surface area contributed by atoms with E-state index in [1.807, 2.05) is 6.07 Å². The molecule has 0 aliphatic rings. The number of nitrogens with one attached hydrogen (secondary N) is 1. The number of aromatic nitrogens is 1. The third kappa shape index (κ3) is 3.87. The Morgan fingerprint density at radius 3 is 2.72 bits per heavy atom. The molecular formula is C21H15ClN2O4S. The molecule has 0 bridgehead atoms. The van der Waals surface area contributed by atoms with Gasteiger partial charge < -0.3 is 14.3 Å². The summed E-state index contributed by atoms with van der Waals surface area (Å²) in [5.74, 6) is 0.170. The van der Waals surface area contributed by atoms with Crippen LogP contribution < -0.4 is 5.32 Å². The first-order chi connectivity index (χ1) is 14.0. The van der Waals surface area contributed by atoms with E-state index in [9.17, 15) is 9.59 Å². The van der Waals surface area contributed by atoms with Crippen LogP contribution >= 0.6 is 22.9 Å². The third-order valence-corrected chi connectivity index (χ3v) is 5.69. The fourth-order valence-electron chi connectivity index (χ4n) is 2.86. The summed E-state index contributed by atoms with van der Waals surface area (Å²) in [7, 11) is 0. The van der Waals surface area contributed by atoms with Crippen LogP contribution in [-0.2, 0) is 6.54 Å². The van der Waals surface area contributed by atoms with Gasteiger partial charge in [-0.25, -0.2) is 0 Å². The van der Waals surface area contributed by atoms with Gasteiger partial charge in [0.2, 0.25) is 5.78 Å². The van der Waals surface area contributed by atoms with Crippen molar-refractivity contribution in [1.29, 1.82) is 0 Å². The highest BCUT2D eigenvalue weighted by molar-refractivity contribution is 7.14. The van der Waals surface area contributed by atoms with Crippen LogP contribution in [0.15, 0.2) is 63.7 Å². The Bertz CT molecular complexity index is 1180. The number of furan rings is 1. The molecule has 0 radical (unpaired) electrons. The van der Waals surface area contributed by atoms with E-state index in [2.05, 4.69) is 10.5 Å². The van der Waals surface area contributed by atoms with E-state index >= 15 is 0 Å². The Balaban J connectivity index is 1.50. The van der Waals surface area contributed by atoms with E-state index in [0.29, 0.717) is 32.5 Å². The standard InChI is InChI=1S/C21H15ClN2O4S/c1-12-18(19(24-28-12)14-5-2-3-6-15(14)22)21(26)23-11-13-8-9-17(29-13)20(25)16-7-4-10-27-16/h2-10H,11H2,1H3,(H,23,26). The molecule has 0 aliphatic heterocycles. The van der Waals surface area contributed by atoms with Crippen molar-refractivity contribution in [2.24, 2.45) is 0 Å². The molecule has 3 heterocycles. The van der Waals surface area contributed by atoms with E-state index in [4.69, 9.17) is 20.5 Å². The summed E-state index contributed by atoms with van der Waals surface area (Å²) < 4.78 is 10.4. The molecule has 0 aliphatic carbocycles. The Morgan fingerprint density at radius 2 is 1.97 bits per heavy atom. The number of rotatable bonds is 6. The molecule has 0 saturated carbocycles. The van der Waals surface area contributed by atoms with Gasteiger partial charge >= 0.3 is 0 Å². The number of carbonyl (C=O) groups excluding carboxylic acids is 2. The van der Waals surface area contributed by atoms with E-state index in [0.717, 1.165) is 4.88 Å². The molecule has 0 unspecified atom stereocenters. The minimum atomic E-state index is -0.328. The van der Waals surface area contributed by atoms with Gasteiger partial charge in [0.15, 0.2) is 5.76 Å². The first-order valence-corrected chi connectivity index (χ1v) is 9.90. The fourth-order valence-corrected chi connectivity index (χ4v) is 3.97. The number of hydrogen-bond donors (Lipinski definition) is 1. The molecule has 1 N–H and O–H groups in total. The van der Waals surface area contributed by atoms with Crippen LogP contribution in [0.2, 0.25) is 5.02 Å². The Morgan fingerprint density at radius 1 is 1.14 bits per heavy atom. The Labute approximate surface area is 175 Å². The molecule has 0 atom stereocenters. The molecule has 4 aromatic rings. The number of benzene rings is 1. The number of carbonyl (C=O) groups is 2. The smallest absolute Gasteiger partial charge is 0.257 e. The van der Waals surface area contributed by atoms with Crippen LogP contribution in [-0.4, -0.2) is 16.8 Å². The number of thiophene rings is 1. The van der Waals surface area contributed by atoms with Crippen LogP contribution in [0.3, 0.4) is 0 Å². The second kappa shape index (κ2) is 8.06. The second-order valence-electron chi connectivity index (χ2n) is 6.20. The highest BCUT2D eigenvalue weighted by Crippen LogP contribution is 2.31. The van der Waals surface area contributed by atoms with Gasteiger partial charge in [0.1, 0.15) is 17.0 Å². The first kappa shape index (κ1) is 19.2. The van der Waals surface area contributed by atoms with E-state index in [1.165, 1.54) is 17.6 Å². The molecule has 6 nitrogen and oxygen atoms in total. The molecule has 0 spiro atoms. The number of aryl methyl sites for hydroxylation is 1. The quantitative estimate of drug-likeness (QED) is 0.432. The number of nitrogens with zero attached hydrogens (tertiary/aromatic N) is 1. The van der Waals surface area contributed by atoms with Gasteiger partial charge in [0.05, 0.1) is 22.7 Å². The minimum Gasteiger partial charge on any atom is -0.461 e. The molecule has 1 aromatic carbocycles. The van der Waals surface area contributed by atoms with Gasteiger partial charge in [0.25, 0.3) is 5.91 Å².